The van der Waals surface area contributed by atoms with E-state index in [4.69, 9.17) is 9.72 Å². The molecule has 0 saturated heterocycles. The highest BCUT2D eigenvalue weighted by Gasteiger charge is 2.38. The molecule has 7 aromatic carbocycles. The molecule has 0 saturated carbocycles. The van der Waals surface area contributed by atoms with Gasteiger partial charge in [-0.1, -0.05) is 143 Å². The van der Waals surface area contributed by atoms with Crippen molar-refractivity contribution < 1.29 is 9.30 Å². The van der Waals surface area contributed by atoms with Crippen LogP contribution in [-0.4, -0.2) is 9.55 Å². The fourth-order valence-electron chi connectivity index (χ4n) is 9.70. The molecule has 10 rings (SSSR count). The SMILES string of the molecule is Cc1cc(C)c(-[n+]2cn(-c3cccc(Oc4ccc5c(c4)N(c4cc(C(C)(C)C)ccn4)c4ccccc4C5(C)C)c3)c3cc(-c4ccccc4)c(-c4ccccc4)cc32)c(C)c1. The molecule has 9 aromatic rings. The highest BCUT2D eigenvalue weighted by molar-refractivity contribution is 5.93. The summed E-state index contributed by atoms with van der Waals surface area (Å²) < 4.78 is 11.6. The van der Waals surface area contributed by atoms with Crippen LogP contribution >= 0.6 is 0 Å². The molecule has 0 N–H and O–H groups in total. The summed E-state index contributed by atoms with van der Waals surface area (Å²) in [6.07, 6.45) is 4.18. The second kappa shape index (κ2) is 15.3. The van der Waals surface area contributed by atoms with Gasteiger partial charge in [-0.05, 0) is 125 Å². The Morgan fingerprint density at radius 2 is 1.22 bits per heavy atom. The number of rotatable bonds is 7. The second-order valence-electron chi connectivity index (χ2n) is 18.6. The fraction of sp³-hybridized carbons (Fsp3) is 0.172. The summed E-state index contributed by atoms with van der Waals surface area (Å²) in [5, 5.41) is 0. The maximum atomic E-state index is 6.88. The highest BCUT2D eigenvalue weighted by Crippen LogP contribution is 2.52. The van der Waals surface area contributed by atoms with E-state index in [1.807, 2.05) is 12.3 Å². The lowest BCUT2D eigenvalue weighted by Crippen LogP contribution is -2.31. The molecule has 310 valence electrons. The summed E-state index contributed by atoms with van der Waals surface area (Å²) in [5.74, 6) is 2.40. The number of imidazole rings is 1. The standard InChI is InChI=1S/C58H53N4O/c1-38-30-39(2)56(40(3)31-38)61-37-60(53-35-47(41-18-11-9-12-19-41)48(36-54(53)61)42-20-13-10-14-21-42)44-22-17-23-45(33-44)63-46-26-27-50-52(34-46)62(51-25-16-15-24-49(51)58(50,7)8)55-32-43(28-29-59-55)57(4,5)6/h9-37H,1-8H3/q+1. The van der Waals surface area contributed by atoms with E-state index in [1.54, 1.807) is 0 Å². The van der Waals surface area contributed by atoms with Crippen LogP contribution in [0.3, 0.4) is 0 Å². The average molecular weight is 822 g/mol. The number of aryl methyl sites for hydroxylation is 3. The van der Waals surface area contributed by atoms with Gasteiger partial charge in [-0.15, -0.1) is 0 Å². The van der Waals surface area contributed by atoms with Crippen LogP contribution in [0.25, 0.3) is 44.7 Å². The van der Waals surface area contributed by atoms with Crippen molar-refractivity contribution >= 4 is 28.2 Å². The van der Waals surface area contributed by atoms with E-state index in [2.05, 4.69) is 233 Å². The van der Waals surface area contributed by atoms with E-state index in [0.29, 0.717) is 0 Å². The van der Waals surface area contributed by atoms with Crippen molar-refractivity contribution in [3.63, 3.8) is 0 Å². The summed E-state index contributed by atoms with van der Waals surface area (Å²) in [7, 11) is 0. The predicted octanol–water partition coefficient (Wildman–Crippen LogP) is 14.8. The van der Waals surface area contributed by atoms with E-state index in [0.717, 1.165) is 45.4 Å². The van der Waals surface area contributed by atoms with Gasteiger partial charge in [-0.25, -0.2) is 4.98 Å². The summed E-state index contributed by atoms with van der Waals surface area (Å²) in [6, 6.07) is 58.8. The Bertz CT molecular complexity index is 3170. The summed E-state index contributed by atoms with van der Waals surface area (Å²) in [5.41, 5.74) is 18.5. The Morgan fingerprint density at radius 1 is 0.587 bits per heavy atom. The number of anilines is 3. The molecular weight excluding hydrogens is 769 g/mol. The lowest BCUT2D eigenvalue weighted by Gasteiger charge is -2.41. The van der Waals surface area contributed by atoms with E-state index in [1.165, 1.54) is 61.3 Å². The lowest BCUT2D eigenvalue weighted by atomic mass is 9.73. The monoisotopic (exact) mass is 821 g/mol. The molecule has 2 aromatic heterocycles. The van der Waals surface area contributed by atoms with Crippen LogP contribution in [0.4, 0.5) is 17.2 Å². The molecule has 1 aliphatic rings. The van der Waals surface area contributed by atoms with E-state index in [9.17, 15) is 0 Å². The number of para-hydroxylation sites is 1. The minimum Gasteiger partial charge on any atom is -0.457 e. The van der Waals surface area contributed by atoms with Crippen molar-refractivity contribution in [3.05, 3.63) is 210 Å². The Kier molecular flexibility index (Phi) is 9.67. The highest BCUT2D eigenvalue weighted by atomic mass is 16.5. The molecule has 0 radical (unpaired) electrons. The van der Waals surface area contributed by atoms with Crippen LogP contribution in [0.5, 0.6) is 11.5 Å². The largest absolute Gasteiger partial charge is 0.457 e. The number of hydrogen-bond donors (Lipinski definition) is 0. The maximum Gasteiger partial charge on any atom is 0.255 e. The normalized spacial score (nSPS) is 13.2. The summed E-state index contributed by atoms with van der Waals surface area (Å²) in [6.45, 7) is 18.0. The smallest absolute Gasteiger partial charge is 0.255 e. The number of ether oxygens (including phenoxy) is 1. The van der Waals surface area contributed by atoms with Gasteiger partial charge >= 0.3 is 0 Å². The number of fused-ring (bicyclic) bond motifs is 3. The van der Waals surface area contributed by atoms with Crippen molar-refractivity contribution in [2.75, 3.05) is 4.90 Å². The number of benzene rings is 7. The fourth-order valence-corrected chi connectivity index (χ4v) is 9.70. The summed E-state index contributed by atoms with van der Waals surface area (Å²) in [4.78, 5) is 7.28. The van der Waals surface area contributed by atoms with Crippen LogP contribution in [0.2, 0.25) is 0 Å². The Morgan fingerprint density at radius 3 is 1.92 bits per heavy atom. The van der Waals surface area contributed by atoms with Gasteiger partial charge in [0.25, 0.3) is 6.33 Å². The summed E-state index contributed by atoms with van der Waals surface area (Å²) >= 11 is 0. The second-order valence-corrected chi connectivity index (χ2v) is 18.6. The molecule has 3 heterocycles. The lowest BCUT2D eigenvalue weighted by molar-refractivity contribution is -0.568. The van der Waals surface area contributed by atoms with Crippen LogP contribution in [0.1, 0.15) is 68.0 Å². The molecule has 0 atom stereocenters. The third-order valence-corrected chi connectivity index (χ3v) is 12.8. The minimum atomic E-state index is -0.236. The van der Waals surface area contributed by atoms with Crippen molar-refractivity contribution in [1.29, 1.82) is 0 Å². The molecule has 0 unspecified atom stereocenters. The third-order valence-electron chi connectivity index (χ3n) is 12.8. The van der Waals surface area contributed by atoms with Crippen molar-refractivity contribution in [3.8, 4) is 45.1 Å². The molecule has 5 nitrogen and oxygen atoms in total. The molecule has 0 fully saturated rings. The number of aromatic nitrogens is 3. The zero-order valence-corrected chi connectivity index (χ0v) is 37.4. The maximum absolute atomic E-state index is 6.88. The van der Waals surface area contributed by atoms with E-state index >= 15 is 0 Å². The van der Waals surface area contributed by atoms with Gasteiger partial charge in [0.2, 0.25) is 0 Å². The Labute approximate surface area is 371 Å². The molecule has 0 bridgehead atoms. The molecule has 1 aliphatic heterocycles. The van der Waals surface area contributed by atoms with Gasteiger partial charge in [0.1, 0.15) is 28.7 Å². The van der Waals surface area contributed by atoms with Crippen LogP contribution in [-0.2, 0) is 10.8 Å². The quantitative estimate of drug-likeness (QED) is 0.150. The zero-order chi connectivity index (χ0) is 43.6. The van der Waals surface area contributed by atoms with Crippen molar-refractivity contribution in [2.45, 2.75) is 66.2 Å². The van der Waals surface area contributed by atoms with E-state index in [-0.39, 0.29) is 10.8 Å². The average Bonchev–Trinajstić information content (AvgIpc) is 3.64. The van der Waals surface area contributed by atoms with Gasteiger partial charge in [0.15, 0.2) is 11.0 Å². The van der Waals surface area contributed by atoms with Crippen molar-refractivity contribution in [2.24, 2.45) is 0 Å². The van der Waals surface area contributed by atoms with Crippen LogP contribution < -0.4 is 14.2 Å². The third kappa shape index (κ3) is 7.08. The van der Waals surface area contributed by atoms with Crippen LogP contribution in [0, 0.1) is 20.8 Å². The Balaban J connectivity index is 1.12. The van der Waals surface area contributed by atoms with Gasteiger partial charge in [0.05, 0.1) is 11.4 Å². The van der Waals surface area contributed by atoms with Gasteiger partial charge in [-0.3, -0.25) is 4.90 Å². The molecular formula is C58H53N4O+. The molecule has 63 heavy (non-hydrogen) atoms. The first-order chi connectivity index (χ1) is 30.3. The first-order valence-corrected chi connectivity index (χ1v) is 21.9. The molecule has 0 spiro atoms. The molecule has 0 amide bonds. The first kappa shape index (κ1) is 39.9. The molecule has 0 aliphatic carbocycles. The zero-order valence-electron chi connectivity index (χ0n) is 37.4. The first-order valence-electron chi connectivity index (χ1n) is 21.9. The van der Waals surface area contributed by atoms with Gasteiger partial charge in [0, 0.05) is 23.7 Å². The van der Waals surface area contributed by atoms with Gasteiger partial charge < -0.3 is 4.74 Å². The molecule has 5 heteroatoms. The Hall–Kier alpha value is -7.24. The van der Waals surface area contributed by atoms with Crippen molar-refractivity contribution in [1.82, 2.24) is 9.55 Å². The number of hydrogen-bond acceptors (Lipinski definition) is 3. The van der Waals surface area contributed by atoms with Crippen LogP contribution in [0.15, 0.2) is 176 Å². The topological polar surface area (TPSA) is 34.2 Å². The van der Waals surface area contributed by atoms with E-state index < -0.39 is 0 Å². The number of nitrogens with zero attached hydrogens (tertiary/aromatic N) is 4. The minimum absolute atomic E-state index is 0.0273. The van der Waals surface area contributed by atoms with Gasteiger partial charge in [-0.2, -0.15) is 9.13 Å². The predicted molar refractivity (Wildman–Crippen MR) is 260 cm³/mol. The number of pyridine rings is 1.